The monoisotopic (exact) mass is 279 g/mol. The Hall–Kier alpha value is -0.830. The summed E-state index contributed by atoms with van der Waals surface area (Å²) < 4.78 is 2.17. The van der Waals surface area contributed by atoms with Crippen LogP contribution in [0.1, 0.15) is 70.6 Å². The number of hydrogen-bond acceptors (Lipinski definition) is 2. The van der Waals surface area contributed by atoms with Gasteiger partial charge in [0.05, 0.1) is 6.20 Å². The van der Waals surface area contributed by atoms with Gasteiger partial charge in [0, 0.05) is 24.3 Å². The molecule has 3 heteroatoms. The van der Waals surface area contributed by atoms with Gasteiger partial charge in [0.25, 0.3) is 0 Å². The fourth-order valence-corrected chi connectivity index (χ4v) is 2.42. The summed E-state index contributed by atoms with van der Waals surface area (Å²) in [6.07, 6.45) is 10.1. The van der Waals surface area contributed by atoms with Gasteiger partial charge < -0.3 is 5.32 Å². The van der Waals surface area contributed by atoms with Crippen molar-refractivity contribution in [2.24, 2.45) is 5.92 Å². The summed E-state index contributed by atoms with van der Waals surface area (Å²) in [6.45, 7) is 12.0. The normalized spacial score (nSPS) is 11.4. The molecule has 0 aliphatic heterocycles. The van der Waals surface area contributed by atoms with Crippen molar-refractivity contribution in [3.05, 3.63) is 17.5 Å². The molecule has 1 N–H and O–H groups in total. The highest BCUT2D eigenvalue weighted by Crippen LogP contribution is 2.10. The maximum atomic E-state index is 4.52. The number of unbranched alkanes of at least 4 members (excludes halogenated alkanes) is 5. The molecule has 0 radical (unpaired) electrons. The molecule has 0 fully saturated rings. The number of nitrogens with one attached hydrogen (secondary N) is 1. The van der Waals surface area contributed by atoms with Crippen LogP contribution in [0, 0.1) is 12.8 Å². The molecule has 0 aromatic carbocycles. The Bertz CT molecular complexity index is 355. The minimum absolute atomic E-state index is 0.702. The summed E-state index contributed by atoms with van der Waals surface area (Å²) in [5.41, 5.74) is 2.67. The van der Waals surface area contributed by atoms with Crippen LogP contribution in [0.2, 0.25) is 0 Å². The van der Waals surface area contributed by atoms with Gasteiger partial charge in [-0.2, -0.15) is 5.10 Å². The molecule has 0 atom stereocenters. The lowest BCUT2D eigenvalue weighted by atomic mass is 10.1. The van der Waals surface area contributed by atoms with Gasteiger partial charge in [0.2, 0.25) is 0 Å². The Morgan fingerprint density at radius 3 is 2.55 bits per heavy atom. The molecule has 1 rings (SSSR count). The standard InChI is InChI=1S/C17H33N3/c1-5-6-7-8-9-10-11-20-16(4)17(14-19-20)13-18-12-15(2)3/h14-15,18H,5-13H2,1-4H3. The molecule has 116 valence electrons. The highest BCUT2D eigenvalue weighted by molar-refractivity contribution is 5.15. The molecule has 0 spiro atoms. The second-order valence-electron chi connectivity index (χ2n) is 6.27. The molecule has 0 bridgehead atoms. The van der Waals surface area contributed by atoms with E-state index in [4.69, 9.17) is 0 Å². The molecule has 0 saturated heterocycles. The summed E-state index contributed by atoms with van der Waals surface area (Å²) in [7, 11) is 0. The number of aryl methyl sites for hydroxylation is 1. The topological polar surface area (TPSA) is 29.9 Å². The molecule has 0 aliphatic carbocycles. The molecule has 0 aliphatic rings. The van der Waals surface area contributed by atoms with E-state index in [1.165, 1.54) is 49.8 Å². The van der Waals surface area contributed by atoms with E-state index in [0.717, 1.165) is 19.6 Å². The Morgan fingerprint density at radius 1 is 1.15 bits per heavy atom. The van der Waals surface area contributed by atoms with E-state index in [1.54, 1.807) is 0 Å². The molecule has 1 aromatic heterocycles. The SMILES string of the molecule is CCCCCCCCn1ncc(CNCC(C)C)c1C. The van der Waals surface area contributed by atoms with Crippen LogP contribution in [0.25, 0.3) is 0 Å². The van der Waals surface area contributed by atoms with E-state index in [0.29, 0.717) is 5.92 Å². The van der Waals surface area contributed by atoms with Crippen molar-refractivity contribution in [2.75, 3.05) is 6.54 Å². The molecular weight excluding hydrogens is 246 g/mol. The highest BCUT2D eigenvalue weighted by Gasteiger charge is 2.06. The summed E-state index contributed by atoms with van der Waals surface area (Å²) in [4.78, 5) is 0. The average molecular weight is 279 g/mol. The lowest BCUT2D eigenvalue weighted by Crippen LogP contribution is -2.19. The molecule has 1 heterocycles. The predicted octanol–water partition coefficient (Wildman–Crippen LogP) is 4.30. The van der Waals surface area contributed by atoms with Crippen LogP contribution < -0.4 is 5.32 Å². The molecule has 3 nitrogen and oxygen atoms in total. The van der Waals surface area contributed by atoms with E-state index in [9.17, 15) is 0 Å². The second kappa shape index (κ2) is 9.98. The first-order valence-electron chi connectivity index (χ1n) is 8.37. The first kappa shape index (κ1) is 17.2. The third-order valence-electron chi connectivity index (χ3n) is 3.80. The Morgan fingerprint density at radius 2 is 1.85 bits per heavy atom. The van der Waals surface area contributed by atoms with Gasteiger partial charge in [0.1, 0.15) is 0 Å². The average Bonchev–Trinajstić information content (AvgIpc) is 2.75. The smallest absolute Gasteiger partial charge is 0.0537 e. The Kier molecular flexibility index (Phi) is 8.59. The van der Waals surface area contributed by atoms with Gasteiger partial charge in [-0.3, -0.25) is 4.68 Å². The fraction of sp³-hybridized carbons (Fsp3) is 0.824. The number of hydrogen-bond donors (Lipinski definition) is 1. The molecule has 0 saturated carbocycles. The first-order valence-corrected chi connectivity index (χ1v) is 8.37. The van der Waals surface area contributed by atoms with Gasteiger partial charge in [-0.1, -0.05) is 52.9 Å². The van der Waals surface area contributed by atoms with Gasteiger partial charge in [-0.15, -0.1) is 0 Å². The Labute approximate surface area is 125 Å². The van der Waals surface area contributed by atoms with Crippen LogP contribution in [0.3, 0.4) is 0 Å². The van der Waals surface area contributed by atoms with Crippen LogP contribution >= 0.6 is 0 Å². The number of rotatable bonds is 11. The molecule has 1 aromatic rings. The minimum atomic E-state index is 0.702. The Balaban J connectivity index is 2.24. The van der Waals surface area contributed by atoms with Crippen LogP contribution in [0.5, 0.6) is 0 Å². The van der Waals surface area contributed by atoms with Crippen molar-refractivity contribution in [2.45, 2.75) is 79.3 Å². The molecule has 0 unspecified atom stereocenters. The van der Waals surface area contributed by atoms with Gasteiger partial charge in [0.15, 0.2) is 0 Å². The number of aromatic nitrogens is 2. The molecule has 0 amide bonds. The lowest BCUT2D eigenvalue weighted by Gasteiger charge is -2.08. The first-order chi connectivity index (χ1) is 9.65. The molecule has 20 heavy (non-hydrogen) atoms. The van der Waals surface area contributed by atoms with Crippen molar-refractivity contribution in [3.63, 3.8) is 0 Å². The van der Waals surface area contributed by atoms with E-state index in [2.05, 4.69) is 42.8 Å². The zero-order chi connectivity index (χ0) is 14.8. The summed E-state index contributed by atoms with van der Waals surface area (Å²) in [6, 6.07) is 0. The van der Waals surface area contributed by atoms with Gasteiger partial charge in [-0.25, -0.2) is 0 Å². The zero-order valence-electron chi connectivity index (χ0n) is 13.9. The summed E-state index contributed by atoms with van der Waals surface area (Å²) in [5.74, 6) is 0.702. The van der Waals surface area contributed by atoms with Gasteiger partial charge >= 0.3 is 0 Å². The zero-order valence-corrected chi connectivity index (χ0v) is 13.9. The highest BCUT2D eigenvalue weighted by atomic mass is 15.3. The van der Waals surface area contributed by atoms with Crippen molar-refractivity contribution < 1.29 is 0 Å². The van der Waals surface area contributed by atoms with Crippen LogP contribution in [-0.2, 0) is 13.1 Å². The molecular formula is C17H33N3. The summed E-state index contributed by atoms with van der Waals surface area (Å²) in [5, 5.41) is 8.02. The third kappa shape index (κ3) is 6.56. The van der Waals surface area contributed by atoms with Crippen LogP contribution in [0.4, 0.5) is 0 Å². The maximum Gasteiger partial charge on any atom is 0.0537 e. The largest absolute Gasteiger partial charge is 0.312 e. The van der Waals surface area contributed by atoms with E-state index in [1.807, 2.05) is 6.20 Å². The third-order valence-corrected chi connectivity index (χ3v) is 3.80. The van der Waals surface area contributed by atoms with Gasteiger partial charge in [-0.05, 0) is 25.8 Å². The van der Waals surface area contributed by atoms with Crippen LogP contribution in [-0.4, -0.2) is 16.3 Å². The predicted molar refractivity (Wildman–Crippen MR) is 86.9 cm³/mol. The van der Waals surface area contributed by atoms with Crippen molar-refractivity contribution >= 4 is 0 Å². The minimum Gasteiger partial charge on any atom is -0.312 e. The van der Waals surface area contributed by atoms with Crippen LogP contribution in [0.15, 0.2) is 6.20 Å². The van der Waals surface area contributed by atoms with Crippen molar-refractivity contribution in [1.82, 2.24) is 15.1 Å². The van der Waals surface area contributed by atoms with Crippen molar-refractivity contribution in [1.29, 1.82) is 0 Å². The second-order valence-corrected chi connectivity index (χ2v) is 6.27. The fourth-order valence-electron chi connectivity index (χ4n) is 2.42. The number of nitrogens with zero attached hydrogens (tertiary/aromatic N) is 2. The maximum absolute atomic E-state index is 4.52. The lowest BCUT2D eigenvalue weighted by molar-refractivity contribution is 0.517. The quantitative estimate of drug-likeness (QED) is 0.612. The summed E-state index contributed by atoms with van der Waals surface area (Å²) >= 11 is 0. The van der Waals surface area contributed by atoms with Crippen molar-refractivity contribution in [3.8, 4) is 0 Å². The van der Waals surface area contributed by atoms with E-state index >= 15 is 0 Å². The van der Waals surface area contributed by atoms with E-state index in [-0.39, 0.29) is 0 Å². The van der Waals surface area contributed by atoms with E-state index < -0.39 is 0 Å².